The van der Waals surface area contributed by atoms with E-state index in [2.05, 4.69) is 0 Å². The van der Waals surface area contributed by atoms with Crippen molar-refractivity contribution >= 4 is 12.1 Å². The highest BCUT2D eigenvalue weighted by Crippen LogP contribution is 2.28. The minimum atomic E-state index is -0.749. The number of hydrogen-bond acceptors (Lipinski definition) is 4. The summed E-state index contributed by atoms with van der Waals surface area (Å²) in [4.78, 5) is 26.4. The van der Waals surface area contributed by atoms with E-state index in [1.807, 2.05) is 65.0 Å². The molecular weight excluding hydrogens is 306 g/mol. The van der Waals surface area contributed by atoms with E-state index in [1.165, 1.54) is 4.90 Å². The first-order chi connectivity index (χ1) is 11.1. The fraction of sp³-hybridized carbons (Fsp3) is 0.579. The Labute approximate surface area is 143 Å². The van der Waals surface area contributed by atoms with E-state index in [9.17, 15) is 9.59 Å². The summed E-state index contributed by atoms with van der Waals surface area (Å²) in [6.45, 7) is 9.66. The molecule has 5 nitrogen and oxygen atoms in total. The molecule has 0 unspecified atom stereocenters. The summed E-state index contributed by atoms with van der Waals surface area (Å²) >= 11 is 0. The number of likely N-dealkylation sites (tertiary alicyclic amines) is 1. The average Bonchev–Trinajstić information content (AvgIpc) is 2.95. The quantitative estimate of drug-likeness (QED) is 0.788. The van der Waals surface area contributed by atoms with Crippen molar-refractivity contribution in [3.05, 3.63) is 35.9 Å². The van der Waals surface area contributed by atoms with Crippen LogP contribution >= 0.6 is 0 Å². The van der Waals surface area contributed by atoms with E-state index >= 15 is 0 Å². The van der Waals surface area contributed by atoms with Gasteiger partial charge in [0.2, 0.25) is 0 Å². The average molecular weight is 333 g/mol. The number of hydrogen-bond donors (Lipinski definition) is 0. The van der Waals surface area contributed by atoms with E-state index in [0.29, 0.717) is 13.0 Å². The van der Waals surface area contributed by atoms with E-state index in [1.54, 1.807) is 0 Å². The van der Waals surface area contributed by atoms with Crippen molar-refractivity contribution in [2.24, 2.45) is 0 Å². The molecule has 0 N–H and O–H groups in total. The maximum Gasteiger partial charge on any atom is 0.411 e. The third kappa shape index (κ3) is 4.49. The largest absolute Gasteiger partial charge is 0.453 e. The van der Waals surface area contributed by atoms with Crippen LogP contribution in [0.25, 0.3) is 0 Å². The lowest BCUT2D eigenvalue weighted by Crippen LogP contribution is -2.45. The molecule has 2 rings (SSSR count). The number of nitrogens with zero attached hydrogens (tertiary/aromatic N) is 1. The lowest BCUT2D eigenvalue weighted by atomic mass is 9.98. The van der Waals surface area contributed by atoms with E-state index in [4.69, 9.17) is 9.47 Å². The zero-order valence-electron chi connectivity index (χ0n) is 15.2. The number of esters is 1. The van der Waals surface area contributed by atoms with Crippen LogP contribution in [-0.4, -0.2) is 35.2 Å². The predicted octanol–water partition coefficient (Wildman–Crippen LogP) is 3.86. The molecule has 132 valence electrons. The maximum absolute atomic E-state index is 12.6. The Morgan fingerprint density at radius 3 is 2.25 bits per heavy atom. The standard InChI is InChI=1S/C19H27NO4/c1-18(2,3)24-17(22)20-13-9-12-15(20)16(21)23-19(4,5)14-10-7-6-8-11-14/h6-8,10-11,15H,9,12-13H2,1-5H3/t15-/m1/s1. The van der Waals surface area contributed by atoms with Gasteiger partial charge in [0, 0.05) is 6.54 Å². The second-order valence-corrected chi connectivity index (χ2v) is 7.63. The molecule has 0 spiro atoms. The fourth-order valence-corrected chi connectivity index (χ4v) is 2.77. The van der Waals surface area contributed by atoms with Crippen LogP contribution in [0.5, 0.6) is 0 Å². The first kappa shape index (κ1) is 18.3. The van der Waals surface area contributed by atoms with Crippen molar-refractivity contribution in [1.29, 1.82) is 0 Å². The lowest BCUT2D eigenvalue weighted by Gasteiger charge is -2.31. The number of amides is 1. The SMILES string of the molecule is CC(C)(C)OC(=O)N1CCC[C@@H]1C(=O)OC(C)(C)c1ccccc1. The van der Waals surface area contributed by atoms with Gasteiger partial charge in [0.1, 0.15) is 17.2 Å². The molecule has 1 aromatic carbocycles. The Hall–Kier alpha value is -2.04. The van der Waals surface area contributed by atoms with Crippen LogP contribution < -0.4 is 0 Å². The van der Waals surface area contributed by atoms with Crippen molar-refractivity contribution in [3.8, 4) is 0 Å². The van der Waals surface area contributed by atoms with Crippen molar-refractivity contribution in [2.75, 3.05) is 6.54 Å². The topological polar surface area (TPSA) is 55.8 Å². The highest BCUT2D eigenvalue weighted by molar-refractivity contribution is 5.82. The first-order valence-corrected chi connectivity index (χ1v) is 8.38. The maximum atomic E-state index is 12.6. The summed E-state index contributed by atoms with van der Waals surface area (Å²) in [6, 6.07) is 9.01. The van der Waals surface area contributed by atoms with Crippen molar-refractivity contribution in [3.63, 3.8) is 0 Å². The second kappa shape index (κ2) is 6.83. The van der Waals surface area contributed by atoms with Crippen LogP contribution in [0.3, 0.4) is 0 Å². The van der Waals surface area contributed by atoms with Crippen LogP contribution in [0.4, 0.5) is 4.79 Å². The zero-order chi connectivity index (χ0) is 18.0. The molecule has 1 amide bonds. The number of rotatable bonds is 3. The van der Waals surface area contributed by atoms with Gasteiger partial charge in [-0.2, -0.15) is 0 Å². The molecular formula is C19H27NO4. The molecule has 1 aromatic rings. The van der Waals surface area contributed by atoms with Crippen molar-refractivity contribution < 1.29 is 19.1 Å². The molecule has 24 heavy (non-hydrogen) atoms. The van der Waals surface area contributed by atoms with Crippen LogP contribution in [-0.2, 0) is 19.9 Å². The molecule has 0 saturated carbocycles. The molecule has 1 saturated heterocycles. The number of ether oxygens (including phenoxy) is 2. The zero-order valence-corrected chi connectivity index (χ0v) is 15.2. The number of carbonyl (C=O) groups is 2. The summed E-state index contributed by atoms with van der Waals surface area (Å²) in [7, 11) is 0. The minimum Gasteiger partial charge on any atom is -0.453 e. The normalized spacial score (nSPS) is 18.4. The third-order valence-corrected chi connectivity index (χ3v) is 3.98. The molecule has 1 fully saturated rings. The number of carbonyl (C=O) groups excluding carboxylic acids is 2. The predicted molar refractivity (Wildman–Crippen MR) is 91.5 cm³/mol. The van der Waals surface area contributed by atoms with Crippen LogP contribution in [0.2, 0.25) is 0 Å². The van der Waals surface area contributed by atoms with Gasteiger partial charge < -0.3 is 9.47 Å². The molecule has 1 aliphatic rings. The Morgan fingerprint density at radius 2 is 1.67 bits per heavy atom. The van der Waals surface area contributed by atoms with Gasteiger partial charge in [-0.05, 0) is 53.0 Å². The number of benzene rings is 1. The fourth-order valence-electron chi connectivity index (χ4n) is 2.77. The van der Waals surface area contributed by atoms with Gasteiger partial charge in [-0.3, -0.25) is 4.90 Å². The highest BCUT2D eigenvalue weighted by atomic mass is 16.6. The van der Waals surface area contributed by atoms with Gasteiger partial charge in [-0.25, -0.2) is 9.59 Å². The van der Waals surface area contributed by atoms with E-state index < -0.39 is 23.3 Å². The molecule has 5 heteroatoms. The molecule has 1 atom stereocenters. The molecule has 0 radical (unpaired) electrons. The Bertz CT molecular complexity index is 589. The van der Waals surface area contributed by atoms with E-state index in [0.717, 1.165) is 12.0 Å². The second-order valence-electron chi connectivity index (χ2n) is 7.63. The molecule has 0 bridgehead atoms. The summed E-state index contributed by atoms with van der Waals surface area (Å²) in [6.07, 6.45) is 0.910. The Kier molecular flexibility index (Phi) is 5.21. The molecule has 1 aliphatic heterocycles. The first-order valence-electron chi connectivity index (χ1n) is 8.38. The highest BCUT2D eigenvalue weighted by Gasteiger charge is 2.39. The molecule has 0 aliphatic carbocycles. The monoisotopic (exact) mass is 333 g/mol. The smallest absolute Gasteiger partial charge is 0.411 e. The van der Waals surface area contributed by atoms with Crippen molar-refractivity contribution in [1.82, 2.24) is 4.90 Å². The minimum absolute atomic E-state index is 0.382. The third-order valence-electron chi connectivity index (χ3n) is 3.98. The Balaban J connectivity index is 2.07. The van der Waals surface area contributed by atoms with Gasteiger partial charge in [0.15, 0.2) is 0 Å². The van der Waals surface area contributed by atoms with Gasteiger partial charge in [0.25, 0.3) is 0 Å². The van der Waals surface area contributed by atoms with Crippen LogP contribution in [0.15, 0.2) is 30.3 Å². The van der Waals surface area contributed by atoms with Crippen LogP contribution in [0, 0.1) is 0 Å². The summed E-state index contributed by atoms with van der Waals surface area (Å²) < 4.78 is 11.1. The Morgan fingerprint density at radius 1 is 1.04 bits per heavy atom. The summed E-state index contributed by atoms with van der Waals surface area (Å²) in [5.74, 6) is -0.382. The van der Waals surface area contributed by atoms with Gasteiger partial charge in [0.05, 0.1) is 0 Å². The van der Waals surface area contributed by atoms with Gasteiger partial charge >= 0.3 is 12.1 Å². The molecule has 1 heterocycles. The van der Waals surface area contributed by atoms with Gasteiger partial charge in [-0.15, -0.1) is 0 Å². The summed E-state index contributed by atoms with van der Waals surface area (Å²) in [5.41, 5.74) is -0.419. The van der Waals surface area contributed by atoms with Crippen LogP contribution in [0.1, 0.15) is 53.0 Å². The summed E-state index contributed by atoms with van der Waals surface area (Å²) in [5, 5.41) is 0. The van der Waals surface area contributed by atoms with Crippen molar-refractivity contribution in [2.45, 2.75) is 64.7 Å². The van der Waals surface area contributed by atoms with E-state index in [-0.39, 0.29) is 5.97 Å². The lowest BCUT2D eigenvalue weighted by molar-refractivity contribution is -0.162. The molecule has 0 aromatic heterocycles. The van der Waals surface area contributed by atoms with Gasteiger partial charge in [-0.1, -0.05) is 30.3 Å².